The topological polar surface area (TPSA) is 66.8 Å². The van der Waals surface area contributed by atoms with Gasteiger partial charge < -0.3 is 14.9 Å². The van der Waals surface area contributed by atoms with Crippen LogP contribution in [0.15, 0.2) is 16.6 Å². The average molecular weight is 275 g/mol. The first kappa shape index (κ1) is 12.0. The van der Waals surface area contributed by atoms with E-state index in [0.29, 0.717) is 15.8 Å². The molecule has 0 spiro atoms. The summed E-state index contributed by atoms with van der Waals surface area (Å²) < 4.78 is 5.72. The summed E-state index contributed by atoms with van der Waals surface area (Å²) in [5.41, 5.74) is 1.09. The van der Waals surface area contributed by atoms with Gasteiger partial charge in [-0.3, -0.25) is 0 Å². The molecule has 1 aromatic rings. The lowest BCUT2D eigenvalue weighted by Gasteiger charge is -2.11. The lowest BCUT2D eigenvalue weighted by atomic mass is 10.1. The molecule has 15 heavy (non-hydrogen) atoms. The molecule has 2 N–H and O–H groups in total. The maximum atomic E-state index is 10.6. The van der Waals surface area contributed by atoms with E-state index >= 15 is 0 Å². The van der Waals surface area contributed by atoms with Crippen LogP contribution in [0.4, 0.5) is 0 Å². The van der Waals surface area contributed by atoms with Gasteiger partial charge in [0.25, 0.3) is 0 Å². The highest BCUT2D eigenvalue weighted by Gasteiger charge is 2.18. The first-order chi connectivity index (χ1) is 6.97. The molecule has 0 heterocycles. The molecule has 82 valence electrons. The number of rotatable bonds is 3. The highest BCUT2D eigenvalue weighted by atomic mass is 79.9. The Morgan fingerprint density at radius 2 is 2.13 bits per heavy atom. The molecule has 0 fully saturated rings. The van der Waals surface area contributed by atoms with E-state index in [2.05, 4.69) is 15.9 Å². The molecular weight excluding hydrogens is 264 g/mol. The van der Waals surface area contributed by atoms with Gasteiger partial charge in [0, 0.05) is 0 Å². The molecule has 0 bridgehead atoms. The van der Waals surface area contributed by atoms with Crippen molar-refractivity contribution in [1.29, 1.82) is 0 Å². The standard InChI is InChI=1S/C10H11BrO4/c1-5-3-6(8(12)10(13)14)4-7(11)9(5)15-2/h3-4,8,12H,1-2H3,(H,13,14). The summed E-state index contributed by atoms with van der Waals surface area (Å²) in [6.45, 7) is 1.78. The number of carboxylic acids is 1. The van der Waals surface area contributed by atoms with E-state index in [9.17, 15) is 9.90 Å². The van der Waals surface area contributed by atoms with Gasteiger partial charge in [-0.15, -0.1) is 0 Å². The number of halogens is 1. The van der Waals surface area contributed by atoms with Gasteiger partial charge in [-0.1, -0.05) is 0 Å². The summed E-state index contributed by atoms with van der Waals surface area (Å²) >= 11 is 3.25. The maximum absolute atomic E-state index is 10.6. The van der Waals surface area contributed by atoms with E-state index in [1.54, 1.807) is 13.0 Å². The first-order valence-corrected chi connectivity index (χ1v) is 5.01. The second-order valence-corrected chi connectivity index (χ2v) is 3.95. The number of carbonyl (C=O) groups is 1. The largest absolute Gasteiger partial charge is 0.495 e. The zero-order chi connectivity index (χ0) is 11.6. The number of aryl methyl sites for hydroxylation is 1. The molecule has 1 rings (SSSR count). The molecule has 0 aliphatic heterocycles. The van der Waals surface area contributed by atoms with Crippen molar-refractivity contribution >= 4 is 21.9 Å². The van der Waals surface area contributed by atoms with Crippen molar-refractivity contribution in [3.8, 4) is 5.75 Å². The SMILES string of the molecule is COc1c(C)cc(C(O)C(=O)O)cc1Br. The van der Waals surface area contributed by atoms with Crippen molar-refractivity contribution in [2.45, 2.75) is 13.0 Å². The van der Waals surface area contributed by atoms with Crippen molar-refractivity contribution in [2.24, 2.45) is 0 Å². The third-order valence-electron chi connectivity index (χ3n) is 2.01. The fourth-order valence-corrected chi connectivity index (χ4v) is 2.06. The van der Waals surface area contributed by atoms with Crippen LogP contribution >= 0.6 is 15.9 Å². The zero-order valence-electron chi connectivity index (χ0n) is 8.32. The fourth-order valence-electron chi connectivity index (χ4n) is 1.32. The van der Waals surface area contributed by atoms with Gasteiger partial charge in [-0.2, -0.15) is 0 Å². The minimum atomic E-state index is -1.51. The molecule has 0 aliphatic carbocycles. The second-order valence-electron chi connectivity index (χ2n) is 3.09. The average Bonchev–Trinajstić information content (AvgIpc) is 2.15. The molecule has 5 heteroatoms. The van der Waals surface area contributed by atoms with E-state index in [0.717, 1.165) is 5.56 Å². The molecule has 1 atom stereocenters. The number of hydrogen-bond donors (Lipinski definition) is 2. The number of methoxy groups -OCH3 is 1. The number of hydrogen-bond acceptors (Lipinski definition) is 3. The van der Waals surface area contributed by atoms with Gasteiger partial charge in [0.15, 0.2) is 6.10 Å². The van der Waals surface area contributed by atoms with E-state index < -0.39 is 12.1 Å². The normalized spacial score (nSPS) is 12.3. The molecular formula is C10H11BrO4. The second kappa shape index (κ2) is 4.63. The summed E-state index contributed by atoms with van der Waals surface area (Å²) in [6.07, 6.45) is -1.51. The van der Waals surface area contributed by atoms with Gasteiger partial charge >= 0.3 is 5.97 Å². The highest BCUT2D eigenvalue weighted by molar-refractivity contribution is 9.10. The molecule has 0 amide bonds. The third kappa shape index (κ3) is 2.49. The van der Waals surface area contributed by atoms with Crippen LogP contribution in [-0.2, 0) is 4.79 Å². The van der Waals surface area contributed by atoms with Gasteiger partial charge in [-0.05, 0) is 46.1 Å². The monoisotopic (exact) mass is 274 g/mol. The molecule has 0 saturated carbocycles. The number of benzene rings is 1. The molecule has 0 aromatic heterocycles. The predicted molar refractivity (Wildman–Crippen MR) is 58.0 cm³/mol. The number of ether oxygens (including phenoxy) is 1. The van der Waals surface area contributed by atoms with E-state index in [1.807, 2.05) is 0 Å². The minimum absolute atomic E-state index is 0.327. The van der Waals surface area contributed by atoms with Crippen LogP contribution in [-0.4, -0.2) is 23.3 Å². The first-order valence-electron chi connectivity index (χ1n) is 4.22. The number of carboxylic acid groups (broad SMARTS) is 1. The number of aliphatic carboxylic acids is 1. The van der Waals surface area contributed by atoms with Crippen molar-refractivity contribution < 1.29 is 19.7 Å². The summed E-state index contributed by atoms with van der Waals surface area (Å²) in [7, 11) is 1.53. The zero-order valence-corrected chi connectivity index (χ0v) is 9.91. The molecule has 1 aromatic carbocycles. The fraction of sp³-hybridized carbons (Fsp3) is 0.300. The minimum Gasteiger partial charge on any atom is -0.495 e. The summed E-state index contributed by atoms with van der Waals surface area (Å²) in [6, 6.07) is 3.12. The van der Waals surface area contributed by atoms with Gasteiger partial charge in [0.05, 0.1) is 11.6 Å². The van der Waals surface area contributed by atoms with Crippen LogP contribution in [0.1, 0.15) is 17.2 Å². The van der Waals surface area contributed by atoms with Gasteiger partial charge in [-0.25, -0.2) is 4.79 Å². The van der Waals surface area contributed by atoms with Gasteiger partial charge in [0.1, 0.15) is 5.75 Å². The Balaban J connectivity index is 3.19. The lowest BCUT2D eigenvalue weighted by Crippen LogP contribution is -2.10. The van der Waals surface area contributed by atoms with Crippen LogP contribution in [0.3, 0.4) is 0 Å². The third-order valence-corrected chi connectivity index (χ3v) is 2.59. The van der Waals surface area contributed by atoms with Crippen LogP contribution in [0.2, 0.25) is 0 Å². The van der Waals surface area contributed by atoms with Crippen LogP contribution < -0.4 is 4.74 Å². The van der Waals surface area contributed by atoms with Gasteiger partial charge in [0.2, 0.25) is 0 Å². The number of aliphatic hydroxyl groups is 1. The maximum Gasteiger partial charge on any atom is 0.337 e. The predicted octanol–water partition coefficient (Wildman–Crippen LogP) is 1.88. The Hall–Kier alpha value is -1.07. The van der Waals surface area contributed by atoms with Crippen LogP contribution in [0.5, 0.6) is 5.75 Å². The van der Waals surface area contributed by atoms with Crippen molar-refractivity contribution in [3.05, 3.63) is 27.7 Å². The molecule has 1 unspecified atom stereocenters. The van der Waals surface area contributed by atoms with E-state index in [4.69, 9.17) is 9.84 Å². The van der Waals surface area contributed by atoms with Crippen molar-refractivity contribution in [2.75, 3.05) is 7.11 Å². The molecule has 0 saturated heterocycles. The quantitative estimate of drug-likeness (QED) is 0.883. The lowest BCUT2D eigenvalue weighted by molar-refractivity contribution is -0.146. The van der Waals surface area contributed by atoms with Crippen LogP contribution in [0, 0.1) is 6.92 Å². The molecule has 0 radical (unpaired) electrons. The Morgan fingerprint density at radius 1 is 1.53 bits per heavy atom. The van der Waals surface area contributed by atoms with Crippen molar-refractivity contribution in [3.63, 3.8) is 0 Å². The summed E-state index contributed by atoms with van der Waals surface area (Å²) in [4.78, 5) is 10.6. The van der Waals surface area contributed by atoms with E-state index in [-0.39, 0.29) is 0 Å². The smallest absolute Gasteiger partial charge is 0.337 e. The Labute approximate surface area is 95.6 Å². The number of aliphatic hydroxyl groups excluding tert-OH is 1. The Kier molecular flexibility index (Phi) is 3.71. The summed E-state index contributed by atoms with van der Waals surface area (Å²) in [5, 5.41) is 18.0. The Morgan fingerprint density at radius 3 is 2.53 bits per heavy atom. The summed E-state index contributed by atoms with van der Waals surface area (Å²) in [5.74, 6) is -0.636. The van der Waals surface area contributed by atoms with Crippen LogP contribution in [0.25, 0.3) is 0 Å². The molecule has 4 nitrogen and oxygen atoms in total. The highest BCUT2D eigenvalue weighted by Crippen LogP contribution is 2.31. The molecule has 0 aliphatic rings. The van der Waals surface area contributed by atoms with E-state index in [1.165, 1.54) is 13.2 Å². The Bertz CT molecular complexity index is 366. The van der Waals surface area contributed by atoms with Crippen molar-refractivity contribution in [1.82, 2.24) is 0 Å².